The molecule has 4 nitrogen and oxygen atoms in total. The van der Waals surface area contributed by atoms with Gasteiger partial charge in [-0.2, -0.15) is 13.0 Å². The summed E-state index contributed by atoms with van der Waals surface area (Å²) >= 11 is 1.17. The van der Waals surface area contributed by atoms with Gasteiger partial charge in [0.05, 0.1) is 0 Å². The predicted octanol–water partition coefficient (Wildman–Crippen LogP) is 0.703. The number of rotatable bonds is 3. The third kappa shape index (κ3) is 3.33. The summed E-state index contributed by atoms with van der Waals surface area (Å²) in [6.45, 7) is 0. The van der Waals surface area contributed by atoms with Crippen LogP contribution in [0, 0.1) is 6.26 Å². The van der Waals surface area contributed by atoms with Crippen molar-refractivity contribution < 1.29 is 17.5 Å². The molecule has 0 saturated heterocycles. The molecule has 1 radical (unpaired) electrons. The molecule has 0 spiro atoms. The van der Waals surface area contributed by atoms with E-state index in [0.717, 1.165) is 0 Å². The molecule has 0 aliphatic carbocycles. The number of pyridine rings is 1. The van der Waals surface area contributed by atoms with E-state index < -0.39 is 16.0 Å². The van der Waals surface area contributed by atoms with Crippen molar-refractivity contribution in [3.05, 3.63) is 30.7 Å². The lowest BCUT2D eigenvalue weighted by atomic mass is 10.5. The van der Waals surface area contributed by atoms with Crippen LogP contribution < -0.4 is 4.57 Å². The zero-order valence-corrected chi connectivity index (χ0v) is 8.38. The standard InChI is InChI=1S/C7H8NO3S2/c1-12-7-4-2-3-5-8(7)6-13(9,10)11/h2-5H,1,6H2/p+1. The highest BCUT2D eigenvalue weighted by atomic mass is 32.2. The second kappa shape index (κ2) is 4.08. The van der Waals surface area contributed by atoms with Crippen LogP contribution in [0.1, 0.15) is 0 Å². The van der Waals surface area contributed by atoms with Crippen LogP contribution in [0.4, 0.5) is 0 Å². The van der Waals surface area contributed by atoms with Gasteiger partial charge < -0.3 is 0 Å². The van der Waals surface area contributed by atoms with Crippen molar-refractivity contribution in [3.63, 3.8) is 0 Å². The maximum atomic E-state index is 10.6. The molecule has 71 valence electrons. The van der Waals surface area contributed by atoms with Crippen LogP contribution in [-0.2, 0) is 16.0 Å². The lowest BCUT2D eigenvalue weighted by Crippen LogP contribution is -2.39. The summed E-state index contributed by atoms with van der Waals surface area (Å²) in [7, 11) is -3.99. The number of hydrogen-bond donors (Lipinski definition) is 1. The highest BCUT2D eigenvalue weighted by molar-refractivity contribution is 8.00. The third-order valence-electron chi connectivity index (χ3n) is 1.35. The largest absolute Gasteiger partial charge is 0.326 e. The van der Waals surface area contributed by atoms with Gasteiger partial charge in [0, 0.05) is 18.4 Å². The maximum Gasteiger partial charge on any atom is 0.326 e. The molecule has 0 saturated carbocycles. The number of nitrogens with zero attached hydrogens (tertiary/aromatic N) is 1. The van der Waals surface area contributed by atoms with Gasteiger partial charge >= 0.3 is 10.1 Å². The van der Waals surface area contributed by atoms with Crippen LogP contribution in [0.5, 0.6) is 0 Å². The monoisotopic (exact) mass is 219 g/mol. The Morgan fingerprint density at radius 3 is 2.77 bits per heavy atom. The smallest absolute Gasteiger partial charge is 0.281 e. The Kier molecular flexibility index (Phi) is 3.29. The van der Waals surface area contributed by atoms with Gasteiger partial charge in [-0.1, -0.05) is 11.8 Å². The number of thioether (sulfide) groups is 1. The van der Waals surface area contributed by atoms with Gasteiger partial charge in [0.15, 0.2) is 6.20 Å². The predicted molar refractivity (Wildman–Crippen MR) is 49.4 cm³/mol. The van der Waals surface area contributed by atoms with E-state index in [1.165, 1.54) is 16.3 Å². The van der Waals surface area contributed by atoms with Gasteiger partial charge in [-0.05, 0) is 6.07 Å². The van der Waals surface area contributed by atoms with Crippen LogP contribution in [0.15, 0.2) is 29.4 Å². The molecule has 1 N–H and O–H groups in total. The van der Waals surface area contributed by atoms with Crippen molar-refractivity contribution in [3.8, 4) is 0 Å². The quantitative estimate of drug-likeness (QED) is 0.462. The van der Waals surface area contributed by atoms with E-state index in [1.807, 2.05) is 0 Å². The minimum Gasteiger partial charge on any atom is -0.281 e. The highest BCUT2D eigenvalue weighted by Crippen LogP contribution is 2.09. The zero-order valence-electron chi connectivity index (χ0n) is 6.75. The molecule has 0 atom stereocenters. The fourth-order valence-electron chi connectivity index (χ4n) is 0.874. The van der Waals surface area contributed by atoms with Gasteiger partial charge in [-0.25, -0.2) is 0 Å². The molecule has 6 heteroatoms. The first-order chi connectivity index (χ1) is 6.03. The highest BCUT2D eigenvalue weighted by Gasteiger charge is 2.16. The van der Waals surface area contributed by atoms with Gasteiger partial charge in [0.2, 0.25) is 5.03 Å². The SMILES string of the molecule is [CH2]Sc1cccc[n+]1CS(=O)(=O)O. The lowest BCUT2D eigenvalue weighted by Gasteiger charge is -1.97. The van der Waals surface area contributed by atoms with E-state index in [1.54, 1.807) is 24.4 Å². The molecule has 0 amide bonds. The second-order valence-electron chi connectivity index (χ2n) is 2.36. The minimum atomic E-state index is -3.99. The van der Waals surface area contributed by atoms with Gasteiger partial charge in [0.1, 0.15) is 0 Å². The topological polar surface area (TPSA) is 58.2 Å². The summed E-state index contributed by atoms with van der Waals surface area (Å²) in [6.07, 6.45) is 5.14. The number of aromatic nitrogens is 1. The zero-order chi connectivity index (χ0) is 9.90. The lowest BCUT2D eigenvalue weighted by molar-refractivity contribution is -0.714. The Labute approximate surface area is 81.3 Å². The number of hydrogen-bond acceptors (Lipinski definition) is 3. The molecule has 0 aliphatic rings. The summed E-state index contributed by atoms with van der Waals surface area (Å²) in [5.41, 5.74) is 0. The fraction of sp³-hybridized carbons (Fsp3) is 0.143. The van der Waals surface area contributed by atoms with Crippen LogP contribution in [0.2, 0.25) is 0 Å². The first-order valence-electron chi connectivity index (χ1n) is 3.38. The molecule has 1 aromatic heterocycles. The molecule has 0 unspecified atom stereocenters. The summed E-state index contributed by atoms with van der Waals surface area (Å²) < 4.78 is 31.2. The molecule has 0 aliphatic heterocycles. The van der Waals surface area contributed by atoms with Crippen LogP contribution in [0.3, 0.4) is 0 Å². The van der Waals surface area contributed by atoms with Crippen molar-refractivity contribution in [2.24, 2.45) is 0 Å². The van der Waals surface area contributed by atoms with Crippen LogP contribution in [-0.4, -0.2) is 13.0 Å². The van der Waals surface area contributed by atoms with Crippen LogP contribution in [0.25, 0.3) is 0 Å². The molecule has 13 heavy (non-hydrogen) atoms. The Morgan fingerprint density at radius 1 is 1.54 bits per heavy atom. The van der Waals surface area contributed by atoms with Crippen molar-refractivity contribution in [1.82, 2.24) is 0 Å². The molecule has 1 rings (SSSR count). The summed E-state index contributed by atoms with van der Waals surface area (Å²) in [5, 5.41) is 0.681. The van der Waals surface area contributed by atoms with Crippen LogP contribution >= 0.6 is 11.8 Å². The summed E-state index contributed by atoms with van der Waals surface area (Å²) in [4.78, 5) is 0. The molecule has 0 aromatic carbocycles. The Bertz CT molecular complexity index is 388. The van der Waals surface area contributed by atoms with E-state index in [9.17, 15) is 8.42 Å². The molecule has 0 bridgehead atoms. The van der Waals surface area contributed by atoms with E-state index in [2.05, 4.69) is 6.26 Å². The Balaban J connectivity index is 3.01. The molecular weight excluding hydrogens is 210 g/mol. The Hall–Kier alpha value is -0.590. The van der Waals surface area contributed by atoms with E-state index in [-0.39, 0.29) is 0 Å². The normalized spacial score (nSPS) is 11.5. The van der Waals surface area contributed by atoms with Crippen molar-refractivity contribution >= 4 is 21.9 Å². The van der Waals surface area contributed by atoms with Gasteiger partial charge in [-0.15, -0.1) is 0 Å². The fourth-order valence-corrected chi connectivity index (χ4v) is 2.00. The first-order valence-corrected chi connectivity index (χ1v) is 5.98. The first kappa shape index (κ1) is 10.5. The van der Waals surface area contributed by atoms with Crippen molar-refractivity contribution in [2.75, 3.05) is 0 Å². The van der Waals surface area contributed by atoms with Crippen molar-refractivity contribution in [2.45, 2.75) is 10.9 Å². The van der Waals surface area contributed by atoms with E-state index in [4.69, 9.17) is 4.55 Å². The average molecular weight is 219 g/mol. The minimum absolute atomic E-state index is 0.439. The maximum absolute atomic E-state index is 10.6. The van der Waals surface area contributed by atoms with Gasteiger partial charge in [0.25, 0.3) is 5.88 Å². The average Bonchev–Trinajstić information content (AvgIpc) is 2.02. The summed E-state index contributed by atoms with van der Waals surface area (Å²) in [6, 6.07) is 5.18. The molecule has 1 heterocycles. The van der Waals surface area contributed by atoms with E-state index >= 15 is 0 Å². The third-order valence-corrected chi connectivity index (χ3v) is 2.62. The molecule has 1 aromatic rings. The van der Waals surface area contributed by atoms with E-state index in [0.29, 0.717) is 5.03 Å². The second-order valence-corrected chi connectivity index (χ2v) is 4.49. The molecular formula is C7H9NO3S2+. The molecule has 0 fully saturated rings. The Morgan fingerprint density at radius 2 is 2.23 bits per heavy atom. The summed E-state index contributed by atoms with van der Waals surface area (Å²) in [5.74, 6) is -0.439. The van der Waals surface area contributed by atoms with Crippen molar-refractivity contribution in [1.29, 1.82) is 0 Å². The van der Waals surface area contributed by atoms with Gasteiger partial charge in [-0.3, -0.25) is 4.55 Å².